The Morgan fingerprint density at radius 1 is 1.29 bits per heavy atom. The minimum atomic E-state index is -0.990. The second-order valence-corrected chi connectivity index (χ2v) is 7.11. The van der Waals surface area contributed by atoms with Crippen molar-refractivity contribution in [3.8, 4) is 0 Å². The molecule has 10 nitrogen and oxygen atoms in total. The SMILES string of the molecule is CCCCCn1/c(=N/N=C\CCN(Cc2ccccc2)C(=O)O)[nH]c(=O)c2[nH]cnc21. The lowest BCUT2D eigenvalue weighted by molar-refractivity contribution is 0.144. The maximum atomic E-state index is 12.2. The van der Waals surface area contributed by atoms with Gasteiger partial charge in [0.1, 0.15) is 5.52 Å². The average Bonchev–Trinajstić information content (AvgIpc) is 3.26. The number of nitrogens with one attached hydrogen (secondary N) is 2. The molecule has 0 aliphatic carbocycles. The smallest absolute Gasteiger partial charge is 0.407 e. The van der Waals surface area contributed by atoms with Crippen LogP contribution in [-0.4, -0.2) is 48.4 Å². The van der Waals surface area contributed by atoms with E-state index in [-0.39, 0.29) is 12.1 Å². The zero-order chi connectivity index (χ0) is 22.1. The first-order valence-corrected chi connectivity index (χ1v) is 10.3. The summed E-state index contributed by atoms with van der Waals surface area (Å²) < 4.78 is 1.83. The summed E-state index contributed by atoms with van der Waals surface area (Å²) in [7, 11) is 0. The summed E-state index contributed by atoms with van der Waals surface area (Å²) in [6.45, 7) is 3.37. The fourth-order valence-electron chi connectivity index (χ4n) is 3.21. The van der Waals surface area contributed by atoms with Gasteiger partial charge in [0.05, 0.1) is 6.33 Å². The van der Waals surface area contributed by atoms with Crippen molar-refractivity contribution >= 4 is 23.5 Å². The van der Waals surface area contributed by atoms with Gasteiger partial charge in [-0.2, -0.15) is 5.10 Å². The monoisotopic (exact) mass is 425 g/mol. The highest BCUT2D eigenvalue weighted by atomic mass is 16.4. The standard InChI is InChI=1S/C21H27N7O3/c1-2-3-7-13-28-18-17(22-15-23-18)19(29)25-20(28)26-24-11-8-12-27(21(30)31)14-16-9-5-4-6-10-16/h4-6,9-11,15H,2-3,7-8,12-14H2,1H3,(H,22,23)(H,30,31)(H,25,26,29)/b24-11-. The third kappa shape index (κ3) is 5.91. The highest BCUT2D eigenvalue weighted by Gasteiger charge is 2.11. The summed E-state index contributed by atoms with van der Waals surface area (Å²) >= 11 is 0. The zero-order valence-electron chi connectivity index (χ0n) is 17.5. The van der Waals surface area contributed by atoms with Crippen LogP contribution in [0.25, 0.3) is 11.2 Å². The van der Waals surface area contributed by atoms with Crippen molar-refractivity contribution in [3.05, 3.63) is 58.2 Å². The van der Waals surface area contributed by atoms with Gasteiger partial charge in [-0.3, -0.25) is 14.3 Å². The molecule has 0 bridgehead atoms. The van der Waals surface area contributed by atoms with Crippen molar-refractivity contribution in [1.82, 2.24) is 24.4 Å². The van der Waals surface area contributed by atoms with E-state index in [4.69, 9.17) is 0 Å². The van der Waals surface area contributed by atoms with Crippen LogP contribution in [0.4, 0.5) is 4.79 Å². The number of carboxylic acid groups (broad SMARTS) is 1. The van der Waals surface area contributed by atoms with Crippen molar-refractivity contribution < 1.29 is 9.90 Å². The number of aromatic nitrogens is 4. The first-order chi connectivity index (χ1) is 15.1. The fraction of sp³-hybridized carbons (Fsp3) is 0.381. The topological polar surface area (TPSA) is 132 Å². The van der Waals surface area contributed by atoms with Crippen molar-refractivity contribution in [1.29, 1.82) is 0 Å². The van der Waals surface area contributed by atoms with Gasteiger partial charge in [-0.15, -0.1) is 5.10 Å². The van der Waals surface area contributed by atoms with E-state index in [2.05, 4.69) is 32.1 Å². The summed E-state index contributed by atoms with van der Waals surface area (Å²) in [6.07, 6.45) is 5.48. The second kappa shape index (κ2) is 10.9. The average molecular weight is 425 g/mol. The van der Waals surface area contributed by atoms with E-state index >= 15 is 0 Å². The molecule has 0 saturated heterocycles. The van der Waals surface area contributed by atoms with Gasteiger partial charge in [-0.1, -0.05) is 50.1 Å². The molecule has 0 aliphatic rings. The third-order valence-electron chi connectivity index (χ3n) is 4.82. The molecule has 2 aromatic heterocycles. The zero-order valence-corrected chi connectivity index (χ0v) is 17.5. The number of H-pyrrole nitrogens is 2. The van der Waals surface area contributed by atoms with Crippen molar-refractivity contribution in [2.45, 2.75) is 45.7 Å². The van der Waals surface area contributed by atoms with Gasteiger partial charge in [-0.25, -0.2) is 9.78 Å². The predicted octanol–water partition coefficient (Wildman–Crippen LogP) is 2.70. The Morgan fingerprint density at radius 2 is 2.10 bits per heavy atom. The predicted molar refractivity (Wildman–Crippen MR) is 118 cm³/mol. The number of imidazole rings is 1. The number of aromatic amines is 2. The highest BCUT2D eigenvalue weighted by Crippen LogP contribution is 2.06. The van der Waals surface area contributed by atoms with Gasteiger partial charge in [0.25, 0.3) is 5.56 Å². The molecule has 10 heteroatoms. The van der Waals surface area contributed by atoms with Gasteiger partial charge in [0.15, 0.2) is 5.65 Å². The maximum absolute atomic E-state index is 12.2. The third-order valence-corrected chi connectivity index (χ3v) is 4.82. The molecule has 31 heavy (non-hydrogen) atoms. The first-order valence-electron chi connectivity index (χ1n) is 10.3. The minimum Gasteiger partial charge on any atom is -0.465 e. The van der Waals surface area contributed by atoms with Gasteiger partial charge >= 0.3 is 6.09 Å². The lowest BCUT2D eigenvalue weighted by atomic mass is 10.2. The van der Waals surface area contributed by atoms with E-state index in [0.717, 1.165) is 24.8 Å². The fourth-order valence-corrected chi connectivity index (χ4v) is 3.21. The summed E-state index contributed by atoms with van der Waals surface area (Å²) in [5.74, 6) is 0. The molecular weight excluding hydrogens is 398 g/mol. The molecule has 0 radical (unpaired) electrons. The lowest BCUT2D eigenvalue weighted by Gasteiger charge is -2.18. The summed E-state index contributed by atoms with van der Waals surface area (Å²) in [5, 5.41) is 17.6. The molecule has 164 valence electrons. The number of nitrogens with zero attached hydrogens (tertiary/aromatic N) is 5. The van der Waals surface area contributed by atoms with Gasteiger partial charge in [0.2, 0.25) is 5.62 Å². The molecule has 0 aliphatic heterocycles. The number of hydrogen-bond donors (Lipinski definition) is 3. The summed E-state index contributed by atoms with van der Waals surface area (Å²) in [4.78, 5) is 34.9. The van der Waals surface area contributed by atoms with Crippen LogP contribution in [0.5, 0.6) is 0 Å². The number of rotatable bonds is 10. The number of fused-ring (bicyclic) bond motifs is 1. The molecule has 1 aromatic carbocycles. The maximum Gasteiger partial charge on any atom is 0.407 e. The molecule has 0 atom stereocenters. The molecule has 3 rings (SSSR count). The molecule has 0 unspecified atom stereocenters. The van der Waals surface area contributed by atoms with Crippen LogP contribution in [0, 0.1) is 0 Å². The summed E-state index contributed by atoms with van der Waals surface area (Å²) in [6, 6.07) is 9.42. The quantitative estimate of drug-likeness (QED) is 0.262. The Balaban J connectivity index is 1.72. The van der Waals surface area contributed by atoms with Crippen LogP contribution in [0.15, 0.2) is 51.7 Å². The second-order valence-electron chi connectivity index (χ2n) is 7.11. The van der Waals surface area contributed by atoms with E-state index in [1.165, 1.54) is 11.2 Å². The van der Waals surface area contributed by atoms with E-state index in [1.54, 1.807) is 6.21 Å². The normalized spacial score (nSPS) is 12.1. The Bertz CT molecular complexity index is 1140. The van der Waals surface area contributed by atoms with Crippen LogP contribution >= 0.6 is 0 Å². The Morgan fingerprint density at radius 3 is 2.84 bits per heavy atom. The Labute approximate surface area is 179 Å². The number of unbranched alkanes of at least 4 members (excludes halogenated alkanes) is 2. The van der Waals surface area contributed by atoms with Crippen LogP contribution in [-0.2, 0) is 13.1 Å². The molecule has 0 saturated carbocycles. The van der Waals surface area contributed by atoms with Crippen LogP contribution in [0.1, 0.15) is 38.2 Å². The van der Waals surface area contributed by atoms with Crippen molar-refractivity contribution in [2.24, 2.45) is 10.2 Å². The highest BCUT2D eigenvalue weighted by molar-refractivity contribution is 5.68. The Hall–Kier alpha value is -3.69. The number of benzene rings is 1. The van der Waals surface area contributed by atoms with E-state index in [9.17, 15) is 14.7 Å². The van der Waals surface area contributed by atoms with Crippen LogP contribution in [0.3, 0.4) is 0 Å². The molecule has 1 amide bonds. The molecular formula is C21H27N7O3. The van der Waals surface area contributed by atoms with Crippen molar-refractivity contribution in [3.63, 3.8) is 0 Å². The number of hydrogen-bond acceptors (Lipinski definition) is 5. The Kier molecular flexibility index (Phi) is 7.74. The van der Waals surface area contributed by atoms with Crippen molar-refractivity contribution in [2.75, 3.05) is 6.54 Å². The molecule has 3 aromatic rings. The number of carbonyl (C=O) groups is 1. The first kappa shape index (κ1) is 22.0. The molecule has 2 heterocycles. The summed E-state index contributed by atoms with van der Waals surface area (Å²) in [5.41, 5.74) is 1.86. The molecule has 0 spiro atoms. The molecule has 0 fully saturated rings. The van der Waals surface area contributed by atoms with Crippen LogP contribution < -0.4 is 11.2 Å². The number of amides is 1. The minimum absolute atomic E-state index is 0.286. The lowest BCUT2D eigenvalue weighted by Crippen LogP contribution is -2.31. The van der Waals surface area contributed by atoms with E-state index in [1.807, 2.05) is 34.9 Å². The van der Waals surface area contributed by atoms with Crippen LogP contribution in [0.2, 0.25) is 0 Å². The van der Waals surface area contributed by atoms with Gasteiger partial charge in [0, 0.05) is 32.3 Å². The number of aryl methyl sites for hydroxylation is 1. The van der Waals surface area contributed by atoms with E-state index in [0.29, 0.717) is 36.3 Å². The van der Waals surface area contributed by atoms with Gasteiger partial charge < -0.3 is 15.0 Å². The largest absolute Gasteiger partial charge is 0.465 e. The van der Waals surface area contributed by atoms with Gasteiger partial charge in [-0.05, 0) is 12.0 Å². The van der Waals surface area contributed by atoms with E-state index < -0.39 is 6.09 Å². The molecule has 3 N–H and O–H groups in total.